The summed E-state index contributed by atoms with van der Waals surface area (Å²) in [6.45, 7) is 10.9. The lowest BCUT2D eigenvalue weighted by Crippen LogP contribution is -2.36. The standard InChI is InChI=1S/C23H35FN2O2/c1-23(2)14-18-19(24)13-17(15-26-9-11-28-12-10-26)22(27-4)20(18)21(23)16-5-7-25(3)8-6-16/h13,16,21H,5-12,14-15H2,1-4H3. The van der Waals surface area contributed by atoms with Gasteiger partial charge in [-0.2, -0.15) is 0 Å². The molecule has 0 aromatic heterocycles. The molecule has 4 nitrogen and oxygen atoms in total. The summed E-state index contributed by atoms with van der Waals surface area (Å²) in [5, 5.41) is 0. The average Bonchev–Trinajstić information content (AvgIpc) is 2.95. The first-order chi connectivity index (χ1) is 13.4. The minimum Gasteiger partial charge on any atom is -0.496 e. The Labute approximate surface area is 169 Å². The number of hydrogen-bond donors (Lipinski definition) is 0. The lowest BCUT2D eigenvalue weighted by molar-refractivity contribution is 0.0338. The predicted molar refractivity (Wildman–Crippen MR) is 109 cm³/mol. The summed E-state index contributed by atoms with van der Waals surface area (Å²) in [6.07, 6.45) is 3.17. The normalized spacial score (nSPS) is 26.4. The molecule has 1 aromatic rings. The van der Waals surface area contributed by atoms with E-state index in [0.29, 0.717) is 11.8 Å². The van der Waals surface area contributed by atoms with Crippen molar-refractivity contribution >= 4 is 0 Å². The van der Waals surface area contributed by atoms with Crippen molar-refractivity contribution in [2.45, 2.75) is 45.6 Å². The zero-order valence-corrected chi connectivity index (χ0v) is 17.9. The van der Waals surface area contributed by atoms with Crippen LogP contribution in [0, 0.1) is 17.2 Å². The van der Waals surface area contributed by atoms with Gasteiger partial charge in [-0.1, -0.05) is 13.8 Å². The Kier molecular flexibility index (Phi) is 5.69. The van der Waals surface area contributed by atoms with Crippen molar-refractivity contribution in [1.82, 2.24) is 9.80 Å². The summed E-state index contributed by atoms with van der Waals surface area (Å²) in [7, 11) is 3.96. The van der Waals surface area contributed by atoms with E-state index in [4.69, 9.17) is 9.47 Å². The van der Waals surface area contributed by atoms with Crippen LogP contribution in [0.3, 0.4) is 0 Å². The largest absolute Gasteiger partial charge is 0.496 e. The van der Waals surface area contributed by atoms with Crippen molar-refractivity contribution in [2.24, 2.45) is 11.3 Å². The Morgan fingerprint density at radius 1 is 1.18 bits per heavy atom. The van der Waals surface area contributed by atoms with Crippen LogP contribution < -0.4 is 4.74 Å². The van der Waals surface area contributed by atoms with Crippen molar-refractivity contribution in [1.29, 1.82) is 0 Å². The predicted octanol–water partition coefficient (Wildman–Crippen LogP) is 3.67. The fourth-order valence-electron chi connectivity index (χ4n) is 5.80. The lowest BCUT2D eigenvalue weighted by Gasteiger charge is -2.39. The van der Waals surface area contributed by atoms with Gasteiger partial charge in [0.2, 0.25) is 0 Å². The second kappa shape index (κ2) is 7.92. The molecule has 156 valence electrons. The molecule has 0 amide bonds. The Bertz CT molecular complexity index is 707. The van der Waals surface area contributed by atoms with Crippen LogP contribution >= 0.6 is 0 Å². The quantitative estimate of drug-likeness (QED) is 0.783. The van der Waals surface area contributed by atoms with Crippen LogP contribution in [0.1, 0.15) is 49.3 Å². The molecule has 2 aliphatic heterocycles. The number of methoxy groups -OCH3 is 1. The summed E-state index contributed by atoms with van der Waals surface area (Å²) in [5.41, 5.74) is 3.13. The summed E-state index contributed by atoms with van der Waals surface area (Å²) in [5.74, 6) is 1.87. The fraction of sp³-hybridized carbons (Fsp3) is 0.739. The maximum Gasteiger partial charge on any atom is 0.127 e. The number of nitrogens with zero attached hydrogens (tertiary/aromatic N) is 2. The number of rotatable bonds is 4. The number of morpholine rings is 1. The van der Waals surface area contributed by atoms with E-state index in [1.807, 2.05) is 0 Å². The minimum atomic E-state index is -0.0393. The van der Waals surface area contributed by atoms with Gasteiger partial charge < -0.3 is 14.4 Å². The van der Waals surface area contributed by atoms with Crippen molar-refractivity contribution < 1.29 is 13.9 Å². The summed E-state index contributed by atoms with van der Waals surface area (Å²) < 4.78 is 26.7. The van der Waals surface area contributed by atoms with Crippen LogP contribution in [0.4, 0.5) is 4.39 Å². The molecular weight excluding hydrogens is 355 g/mol. The van der Waals surface area contributed by atoms with Crippen molar-refractivity contribution in [3.8, 4) is 5.75 Å². The number of hydrogen-bond acceptors (Lipinski definition) is 4. The molecule has 28 heavy (non-hydrogen) atoms. The molecule has 3 aliphatic rings. The van der Waals surface area contributed by atoms with E-state index in [2.05, 4.69) is 30.7 Å². The van der Waals surface area contributed by atoms with E-state index in [0.717, 1.165) is 69.2 Å². The third-order valence-corrected chi connectivity index (χ3v) is 7.17. The second-order valence-corrected chi connectivity index (χ2v) is 9.62. The van der Waals surface area contributed by atoms with Gasteiger partial charge in [0.05, 0.1) is 20.3 Å². The molecule has 2 fully saturated rings. The van der Waals surface area contributed by atoms with E-state index in [-0.39, 0.29) is 11.2 Å². The highest BCUT2D eigenvalue weighted by Gasteiger charge is 2.47. The zero-order valence-electron chi connectivity index (χ0n) is 17.9. The molecule has 2 heterocycles. The van der Waals surface area contributed by atoms with Crippen LogP contribution in [0.15, 0.2) is 6.07 Å². The maximum absolute atomic E-state index is 15.3. The van der Waals surface area contributed by atoms with Gasteiger partial charge in [-0.05, 0) is 68.3 Å². The van der Waals surface area contributed by atoms with E-state index in [1.165, 1.54) is 18.4 Å². The van der Waals surface area contributed by atoms with Crippen LogP contribution in [0.25, 0.3) is 0 Å². The summed E-state index contributed by atoms with van der Waals surface area (Å²) in [4.78, 5) is 4.75. The van der Waals surface area contributed by atoms with Gasteiger partial charge in [0.1, 0.15) is 11.6 Å². The Hall–Kier alpha value is -1.17. The fourth-order valence-corrected chi connectivity index (χ4v) is 5.80. The van der Waals surface area contributed by atoms with Gasteiger partial charge in [-0.3, -0.25) is 4.90 Å². The molecule has 0 spiro atoms. The number of benzene rings is 1. The first-order valence-corrected chi connectivity index (χ1v) is 10.8. The molecule has 0 N–H and O–H groups in total. The molecule has 1 aliphatic carbocycles. The van der Waals surface area contributed by atoms with E-state index < -0.39 is 0 Å². The van der Waals surface area contributed by atoms with Crippen molar-refractivity contribution in [2.75, 3.05) is 53.6 Å². The third kappa shape index (κ3) is 3.69. The van der Waals surface area contributed by atoms with E-state index in [9.17, 15) is 0 Å². The Morgan fingerprint density at radius 3 is 2.50 bits per heavy atom. The average molecular weight is 391 g/mol. The van der Waals surface area contributed by atoms with Crippen LogP contribution in [0.5, 0.6) is 5.75 Å². The number of fused-ring (bicyclic) bond motifs is 1. The number of piperidine rings is 1. The monoisotopic (exact) mass is 390 g/mol. The second-order valence-electron chi connectivity index (χ2n) is 9.62. The van der Waals surface area contributed by atoms with E-state index >= 15 is 4.39 Å². The number of likely N-dealkylation sites (tertiary alicyclic amines) is 1. The van der Waals surface area contributed by atoms with E-state index in [1.54, 1.807) is 13.2 Å². The van der Waals surface area contributed by atoms with Gasteiger partial charge >= 0.3 is 0 Å². The lowest BCUT2D eigenvalue weighted by atomic mass is 9.69. The summed E-state index contributed by atoms with van der Waals surface area (Å²) in [6, 6.07) is 1.74. The molecule has 5 heteroatoms. The molecule has 1 atom stereocenters. The SMILES string of the molecule is COc1c(CN2CCOCC2)cc(F)c2c1C(C1CCN(C)CC1)C(C)(C)C2. The first-order valence-electron chi connectivity index (χ1n) is 10.8. The Balaban J connectivity index is 1.72. The van der Waals surface area contributed by atoms with Gasteiger partial charge in [0.25, 0.3) is 0 Å². The molecule has 1 aromatic carbocycles. The highest BCUT2D eigenvalue weighted by molar-refractivity contribution is 5.53. The van der Waals surface area contributed by atoms with Crippen molar-refractivity contribution in [3.05, 3.63) is 28.6 Å². The smallest absolute Gasteiger partial charge is 0.127 e. The molecule has 2 saturated heterocycles. The van der Waals surface area contributed by atoms with Gasteiger partial charge in [-0.25, -0.2) is 4.39 Å². The minimum absolute atomic E-state index is 0.0393. The highest BCUT2D eigenvalue weighted by Crippen LogP contribution is 2.57. The van der Waals surface area contributed by atoms with Crippen LogP contribution in [-0.2, 0) is 17.7 Å². The zero-order chi connectivity index (χ0) is 19.9. The molecular formula is C23H35FN2O2. The van der Waals surface area contributed by atoms with Crippen LogP contribution in [-0.4, -0.2) is 63.4 Å². The molecule has 0 radical (unpaired) electrons. The highest BCUT2D eigenvalue weighted by atomic mass is 19.1. The van der Waals surface area contributed by atoms with Crippen LogP contribution in [0.2, 0.25) is 0 Å². The maximum atomic E-state index is 15.3. The molecule has 0 bridgehead atoms. The molecule has 4 rings (SSSR count). The van der Waals surface area contributed by atoms with Crippen molar-refractivity contribution in [3.63, 3.8) is 0 Å². The van der Waals surface area contributed by atoms with Gasteiger partial charge in [0.15, 0.2) is 0 Å². The van der Waals surface area contributed by atoms with Gasteiger partial charge in [-0.15, -0.1) is 0 Å². The Morgan fingerprint density at radius 2 is 1.86 bits per heavy atom. The molecule has 0 saturated carbocycles. The number of halogens is 1. The first kappa shape index (κ1) is 20.1. The van der Waals surface area contributed by atoms with Gasteiger partial charge in [0, 0.05) is 30.8 Å². The summed E-state index contributed by atoms with van der Waals surface area (Å²) >= 11 is 0. The third-order valence-electron chi connectivity index (χ3n) is 7.17. The number of ether oxygens (including phenoxy) is 2. The molecule has 1 unspecified atom stereocenters. The topological polar surface area (TPSA) is 24.9 Å².